The topological polar surface area (TPSA) is 83.6 Å². The Hall–Kier alpha value is -3.22. The minimum absolute atomic E-state index is 0.00693. The van der Waals surface area contributed by atoms with Crippen LogP contribution in [-0.2, 0) is 9.59 Å². The first kappa shape index (κ1) is 15.3. The van der Waals surface area contributed by atoms with Gasteiger partial charge in [0.05, 0.1) is 5.92 Å². The fraction of sp³-hybridized carbons (Fsp3) is 0.167. The normalized spacial score (nSPS) is 17.4. The second kappa shape index (κ2) is 5.70. The fourth-order valence-electron chi connectivity index (χ4n) is 2.92. The Bertz CT molecular complexity index is 980. The van der Waals surface area contributed by atoms with Gasteiger partial charge >= 0.3 is 5.97 Å². The summed E-state index contributed by atoms with van der Waals surface area (Å²) in [6, 6.07) is 10.9. The summed E-state index contributed by atoms with van der Waals surface area (Å²) in [6.45, 7) is 0.141. The van der Waals surface area contributed by atoms with Crippen molar-refractivity contribution in [1.29, 1.82) is 0 Å². The van der Waals surface area contributed by atoms with E-state index in [-0.39, 0.29) is 24.7 Å². The number of halogens is 1. The quantitative estimate of drug-likeness (QED) is 0.792. The smallest absolute Gasteiger partial charge is 0.308 e. The van der Waals surface area contributed by atoms with Crippen LogP contribution in [0.3, 0.4) is 0 Å². The molecule has 0 unspecified atom stereocenters. The highest BCUT2D eigenvalue weighted by Crippen LogP contribution is 2.30. The highest BCUT2D eigenvalue weighted by molar-refractivity contribution is 6.00. The van der Waals surface area contributed by atoms with Crippen LogP contribution in [0.4, 0.5) is 10.1 Å². The van der Waals surface area contributed by atoms with Gasteiger partial charge < -0.3 is 14.4 Å². The summed E-state index contributed by atoms with van der Waals surface area (Å²) in [7, 11) is 0. The van der Waals surface area contributed by atoms with Gasteiger partial charge in [0, 0.05) is 24.2 Å². The minimum Gasteiger partial charge on any atom is -0.481 e. The van der Waals surface area contributed by atoms with Crippen LogP contribution in [0.25, 0.3) is 22.6 Å². The zero-order valence-corrected chi connectivity index (χ0v) is 13.0. The molecule has 2 aromatic carbocycles. The van der Waals surface area contributed by atoms with E-state index in [0.29, 0.717) is 28.2 Å². The van der Waals surface area contributed by atoms with E-state index in [2.05, 4.69) is 4.98 Å². The van der Waals surface area contributed by atoms with Gasteiger partial charge in [-0.15, -0.1) is 0 Å². The average Bonchev–Trinajstić information content (AvgIpc) is 3.18. The van der Waals surface area contributed by atoms with Gasteiger partial charge in [-0.1, -0.05) is 0 Å². The summed E-state index contributed by atoms with van der Waals surface area (Å²) >= 11 is 0. The number of hydrogen-bond donors (Lipinski definition) is 1. The molecule has 126 valence electrons. The molecular formula is C18H13FN2O4. The lowest BCUT2D eigenvalue weighted by Gasteiger charge is -2.15. The van der Waals surface area contributed by atoms with E-state index in [1.54, 1.807) is 30.3 Å². The first-order chi connectivity index (χ1) is 12.0. The molecule has 3 aromatic rings. The van der Waals surface area contributed by atoms with E-state index in [0.717, 1.165) is 0 Å². The molecule has 1 fully saturated rings. The van der Waals surface area contributed by atoms with Crippen molar-refractivity contribution in [1.82, 2.24) is 4.98 Å². The highest BCUT2D eigenvalue weighted by Gasteiger charge is 2.35. The summed E-state index contributed by atoms with van der Waals surface area (Å²) in [5.41, 5.74) is 2.30. The van der Waals surface area contributed by atoms with Crippen molar-refractivity contribution in [2.75, 3.05) is 11.4 Å². The molecule has 4 rings (SSSR count). The third-order valence-electron chi connectivity index (χ3n) is 4.25. The number of aliphatic carboxylic acids is 1. The van der Waals surface area contributed by atoms with E-state index in [1.807, 2.05) is 0 Å². The van der Waals surface area contributed by atoms with Crippen LogP contribution in [0, 0.1) is 11.7 Å². The van der Waals surface area contributed by atoms with Crippen LogP contribution in [-0.4, -0.2) is 28.5 Å². The Kier molecular flexibility index (Phi) is 3.49. The standard InChI is InChI=1S/C18H13FN2O4/c19-12-3-1-10(2-4-12)17-20-14-8-13(5-6-15(14)25-17)21-9-11(18(23)24)7-16(21)22/h1-6,8,11H,7,9H2,(H,23,24)/t11-/m0/s1. The van der Waals surface area contributed by atoms with Crippen molar-refractivity contribution < 1.29 is 23.5 Å². The van der Waals surface area contributed by atoms with E-state index < -0.39 is 11.9 Å². The lowest BCUT2D eigenvalue weighted by Crippen LogP contribution is -2.25. The molecule has 1 saturated heterocycles. The van der Waals surface area contributed by atoms with Gasteiger partial charge in [0.15, 0.2) is 5.58 Å². The fourth-order valence-corrected chi connectivity index (χ4v) is 2.92. The number of carbonyl (C=O) groups is 2. The molecule has 1 aromatic heterocycles. The second-order valence-corrected chi connectivity index (χ2v) is 5.92. The van der Waals surface area contributed by atoms with Crippen molar-refractivity contribution in [3.8, 4) is 11.5 Å². The van der Waals surface area contributed by atoms with Crippen LogP contribution in [0.1, 0.15) is 6.42 Å². The Morgan fingerprint density at radius 3 is 2.68 bits per heavy atom. The number of carbonyl (C=O) groups excluding carboxylic acids is 1. The van der Waals surface area contributed by atoms with Crippen LogP contribution < -0.4 is 4.90 Å². The van der Waals surface area contributed by atoms with Crippen LogP contribution in [0.15, 0.2) is 46.9 Å². The summed E-state index contributed by atoms with van der Waals surface area (Å²) in [4.78, 5) is 29.0. The summed E-state index contributed by atoms with van der Waals surface area (Å²) in [6.07, 6.45) is -0.00693. The van der Waals surface area contributed by atoms with Crippen molar-refractivity contribution in [3.05, 3.63) is 48.3 Å². The maximum absolute atomic E-state index is 13.0. The van der Waals surface area contributed by atoms with E-state index in [9.17, 15) is 14.0 Å². The van der Waals surface area contributed by atoms with E-state index in [4.69, 9.17) is 9.52 Å². The van der Waals surface area contributed by atoms with Gasteiger partial charge in [0.2, 0.25) is 11.8 Å². The maximum atomic E-state index is 13.0. The number of nitrogens with zero attached hydrogens (tertiary/aromatic N) is 2. The van der Waals surface area contributed by atoms with E-state index >= 15 is 0 Å². The Labute approximate surface area is 141 Å². The SMILES string of the molecule is O=C(O)[C@H]1CC(=O)N(c2ccc3oc(-c4ccc(F)cc4)nc3c2)C1. The van der Waals surface area contributed by atoms with Gasteiger partial charge in [-0.3, -0.25) is 9.59 Å². The second-order valence-electron chi connectivity index (χ2n) is 5.92. The molecule has 2 heterocycles. The lowest BCUT2D eigenvalue weighted by atomic mass is 10.1. The summed E-state index contributed by atoms with van der Waals surface area (Å²) in [5, 5.41) is 9.08. The van der Waals surface area contributed by atoms with Crippen molar-refractivity contribution in [3.63, 3.8) is 0 Å². The number of anilines is 1. The molecule has 1 aliphatic rings. The van der Waals surface area contributed by atoms with Gasteiger partial charge in [0.1, 0.15) is 11.3 Å². The predicted molar refractivity (Wildman–Crippen MR) is 87.5 cm³/mol. The molecule has 0 bridgehead atoms. The monoisotopic (exact) mass is 340 g/mol. The third-order valence-corrected chi connectivity index (χ3v) is 4.25. The number of carboxylic acid groups (broad SMARTS) is 1. The number of hydrogen-bond acceptors (Lipinski definition) is 4. The summed E-state index contributed by atoms with van der Waals surface area (Å²) in [5.74, 6) is -1.90. The lowest BCUT2D eigenvalue weighted by molar-refractivity contribution is -0.141. The molecule has 0 radical (unpaired) electrons. The highest BCUT2D eigenvalue weighted by atomic mass is 19.1. The largest absolute Gasteiger partial charge is 0.481 e. The molecule has 1 N–H and O–H groups in total. The molecule has 0 spiro atoms. The first-order valence-electron chi connectivity index (χ1n) is 7.71. The minimum atomic E-state index is -0.975. The van der Waals surface area contributed by atoms with Crippen LogP contribution >= 0.6 is 0 Å². The molecular weight excluding hydrogens is 327 g/mol. The average molecular weight is 340 g/mol. The number of amides is 1. The Morgan fingerprint density at radius 1 is 1.24 bits per heavy atom. The summed E-state index contributed by atoms with van der Waals surface area (Å²) < 4.78 is 18.7. The number of oxazole rings is 1. The molecule has 25 heavy (non-hydrogen) atoms. The van der Waals surface area contributed by atoms with Crippen LogP contribution in [0.2, 0.25) is 0 Å². The zero-order chi connectivity index (χ0) is 17.6. The Balaban J connectivity index is 1.68. The number of benzene rings is 2. The predicted octanol–water partition coefficient (Wildman–Crippen LogP) is 3.07. The number of rotatable bonds is 3. The Morgan fingerprint density at radius 2 is 2.00 bits per heavy atom. The molecule has 0 saturated carbocycles. The van der Waals surface area contributed by atoms with Crippen molar-refractivity contribution in [2.45, 2.75) is 6.42 Å². The number of fused-ring (bicyclic) bond motifs is 1. The van der Waals surface area contributed by atoms with Gasteiger partial charge in [0.25, 0.3) is 0 Å². The molecule has 1 aliphatic heterocycles. The van der Waals surface area contributed by atoms with Crippen molar-refractivity contribution >= 4 is 28.7 Å². The van der Waals surface area contributed by atoms with Gasteiger partial charge in [-0.2, -0.15) is 0 Å². The molecule has 1 atom stereocenters. The van der Waals surface area contributed by atoms with Gasteiger partial charge in [-0.05, 0) is 42.5 Å². The zero-order valence-electron chi connectivity index (χ0n) is 13.0. The third kappa shape index (κ3) is 2.73. The maximum Gasteiger partial charge on any atom is 0.308 e. The van der Waals surface area contributed by atoms with Gasteiger partial charge in [-0.25, -0.2) is 9.37 Å². The number of carboxylic acids is 1. The molecule has 6 nitrogen and oxygen atoms in total. The molecule has 7 heteroatoms. The first-order valence-corrected chi connectivity index (χ1v) is 7.71. The number of aromatic nitrogens is 1. The van der Waals surface area contributed by atoms with Crippen molar-refractivity contribution in [2.24, 2.45) is 5.92 Å². The van der Waals surface area contributed by atoms with E-state index in [1.165, 1.54) is 17.0 Å². The van der Waals surface area contributed by atoms with Crippen LogP contribution in [0.5, 0.6) is 0 Å². The molecule has 1 amide bonds. The molecule has 0 aliphatic carbocycles.